The Labute approximate surface area is 245 Å². The van der Waals surface area contributed by atoms with Crippen LogP contribution >= 0.6 is 34.8 Å². The van der Waals surface area contributed by atoms with E-state index in [0.29, 0.717) is 18.3 Å². The average molecular weight is 605 g/mol. The van der Waals surface area contributed by atoms with Crippen LogP contribution in [-0.2, 0) is 9.22 Å². The number of benzene rings is 2. The SMILES string of the molecule is C=C1N[C@H]2[C@H](CO[Si](c3ccccc3)(c3ccccc3)C(C)(C)C)N=C(NC(=O)C(Cl)(Cl)Cl)N3CC=CC23N1. The van der Waals surface area contributed by atoms with Crippen LogP contribution in [0.3, 0.4) is 0 Å². The molecule has 3 heterocycles. The molecule has 3 N–H and O–H groups in total. The minimum Gasteiger partial charge on any atom is -0.405 e. The summed E-state index contributed by atoms with van der Waals surface area (Å²) in [5, 5.41) is 11.8. The predicted octanol–water partition coefficient (Wildman–Crippen LogP) is 3.39. The molecule has 5 rings (SSSR count). The molecule has 1 spiro atoms. The zero-order valence-electron chi connectivity index (χ0n) is 22.0. The highest BCUT2D eigenvalue weighted by molar-refractivity contribution is 6.99. The van der Waals surface area contributed by atoms with Gasteiger partial charge in [0.05, 0.1) is 18.5 Å². The van der Waals surface area contributed by atoms with Crippen LogP contribution in [0.4, 0.5) is 0 Å². The summed E-state index contributed by atoms with van der Waals surface area (Å²) < 4.78 is 5.08. The van der Waals surface area contributed by atoms with E-state index >= 15 is 0 Å². The van der Waals surface area contributed by atoms with Gasteiger partial charge in [0.25, 0.3) is 18.0 Å². The lowest BCUT2D eigenvalue weighted by Gasteiger charge is -2.48. The Morgan fingerprint density at radius 1 is 1.13 bits per heavy atom. The number of alkyl halides is 3. The molecule has 2 aromatic carbocycles. The standard InChI is InChI=1S/C28H32Cl3N5O2Si/c1-19-32-23-22(33-25(34-24(37)28(29,30)31)36-17-11-16-27(23,36)35-19)18-38-39(26(2,3)4,20-12-7-5-8-13-20)21-14-9-6-10-15-21/h5-16,22-23,32,35H,1,17-18H2,2-4H3,(H,33,34,37)/t22-,23-,27?/m0/s1. The van der Waals surface area contributed by atoms with Crippen LogP contribution in [0.5, 0.6) is 0 Å². The van der Waals surface area contributed by atoms with E-state index in [1.54, 1.807) is 0 Å². The second-order valence-corrected chi connectivity index (χ2v) is 17.6. The molecular weight excluding hydrogens is 573 g/mol. The molecule has 0 radical (unpaired) electrons. The Balaban J connectivity index is 1.58. The van der Waals surface area contributed by atoms with Gasteiger partial charge in [-0.2, -0.15) is 0 Å². The van der Waals surface area contributed by atoms with Crippen LogP contribution in [0, 0.1) is 0 Å². The van der Waals surface area contributed by atoms with Gasteiger partial charge in [-0.25, -0.2) is 4.99 Å². The number of carbonyl (C=O) groups is 1. The molecule has 39 heavy (non-hydrogen) atoms. The zero-order chi connectivity index (χ0) is 28.1. The molecule has 206 valence electrons. The van der Waals surface area contributed by atoms with Gasteiger partial charge < -0.3 is 20.0 Å². The molecule has 3 aliphatic rings. The number of nitrogens with one attached hydrogen (secondary N) is 3. The summed E-state index contributed by atoms with van der Waals surface area (Å²) in [5.74, 6) is 0.201. The number of carbonyl (C=O) groups excluding carboxylic acids is 1. The molecule has 0 saturated carbocycles. The van der Waals surface area contributed by atoms with Gasteiger partial charge in [0.15, 0.2) is 5.66 Å². The van der Waals surface area contributed by atoms with Crippen molar-refractivity contribution in [3.05, 3.63) is 85.2 Å². The number of hydrogen-bond acceptors (Lipinski definition) is 6. The molecule has 0 aliphatic carbocycles. The topological polar surface area (TPSA) is 78.0 Å². The molecule has 1 fully saturated rings. The van der Waals surface area contributed by atoms with E-state index in [9.17, 15) is 4.79 Å². The second kappa shape index (κ2) is 10.2. The molecule has 0 aromatic heterocycles. The normalized spacial score (nSPS) is 24.4. The molecule has 7 nitrogen and oxygen atoms in total. The minimum atomic E-state index is -2.84. The number of nitrogens with zero attached hydrogens (tertiary/aromatic N) is 2. The van der Waals surface area contributed by atoms with Crippen molar-refractivity contribution in [1.29, 1.82) is 0 Å². The Bertz CT molecular complexity index is 1270. The van der Waals surface area contributed by atoms with E-state index in [4.69, 9.17) is 44.2 Å². The van der Waals surface area contributed by atoms with E-state index in [1.807, 2.05) is 23.1 Å². The van der Waals surface area contributed by atoms with E-state index in [2.05, 4.69) is 97.9 Å². The summed E-state index contributed by atoms with van der Waals surface area (Å²) in [6, 6.07) is 20.3. The van der Waals surface area contributed by atoms with Crippen LogP contribution in [-0.4, -0.2) is 59.8 Å². The van der Waals surface area contributed by atoms with Gasteiger partial charge in [-0.3, -0.25) is 10.1 Å². The zero-order valence-corrected chi connectivity index (χ0v) is 25.3. The van der Waals surface area contributed by atoms with Crippen molar-refractivity contribution in [2.45, 2.75) is 47.3 Å². The third-order valence-electron chi connectivity index (χ3n) is 7.56. The summed E-state index contributed by atoms with van der Waals surface area (Å²) in [4.78, 5) is 19.6. The van der Waals surface area contributed by atoms with Crippen molar-refractivity contribution in [2.24, 2.45) is 4.99 Å². The first-order valence-electron chi connectivity index (χ1n) is 12.8. The molecule has 1 amide bonds. The van der Waals surface area contributed by atoms with Gasteiger partial charge in [0.2, 0.25) is 5.96 Å². The lowest BCUT2D eigenvalue weighted by Crippen LogP contribution is -2.71. The highest BCUT2D eigenvalue weighted by Crippen LogP contribution is 2.39. The lowest BCUT2D eigenvalue weighted by atomic mass is 9.93. The summed E-state index contributed by atoms with van der Waals surface area (Å²) in [6.07, 6.45) is 4.08. The number of aliphatic imine (C=N–C) groups is 1. The molecular formula is C28H32Cl3N5O2Si. The van der Waals surface area contributed by atoms with E-state index < -0.39 is 29.7 Å². The Hall–Kier alpha value is -2.49. The highest BCUT2D eigenvalue weighted by Gasteiger charge is 2.58. The van der Waals surface area contributed by atoms with Crippen molar-refractivity contribution < 1.29 is 9.22 Å². The fourth-order valence-corrected chi connectivity index (χ4v) is 10.7. The molecule has 11 heteroatoms. The van der Waals surface area contributed by atoms with Gasteiger partial charge in [0.1, 0.15) is 6.04 Å². The summed E-state index contributed by atoms with van der Waals surface area (Å²) in [5.41, 5.74) is -0.700. The van der Waals surface area contributed by atoms with Crippen molar-refractivity contribution in [1.82, 2.24) is 20.9 Å². The van der Waals surface area contributed by atoms with Crippen LogP contribution in [0.15, 0.2) is 90.2 Å². The van der Waals surface area contributed by atoms with E-state index in [1.165, 1.54) is 10.4 Å². The fourth-order valence-electron chi connectivity index (χ4n) is 5.94. The van der Waals surface area contributed by atoms with Crippen LogP contribution in [0.25, 0.3) is 0 Å². The average Bonchev–Trinajstić information content (AvgIpc) is 3.46. The van der Waals surface area contributed by atoms with Gasteiger partial charge >= 0.3 is 0 Å². The Morgan fingerprint density at radius 3 is 2.26 bits per heavy atom. The lowest BCUT2D eigenvalue weighted by molar-refractivity contribution is -0.119. The van der Waals surface area contributed by atoms with Crippen molar-refractivity contribution in [2.75, 3.05) is 13.2 Å². The molecule has 2 aromatic rings. The first kappa shape index (κ1) is 28.1. The second-order valence-electron chi connectivity index (χ2n) is 11.0. The highest BCUT2D eigenvalue weighted by atomic mass is 35.6. The summed E-state index contributed by atoms with van der Waals surface area (Å²) in [7, 11) is -2.84. The Kier molecular flexibility index (Phi) is 7.31. The number of halogens is 3. The van der Waals surface area contributed by atoms with Crippen LogP contribution in [0.1, 0.15) is 20.8 Å². The first-order valence-corrected chi connectivity index (χ1v) is 15.8. The minimum absolute atomic E-state index is 0.206. The largest absolute Gasteiger partial charge is 0.405 e. The number of guanidine groups is 1. The Morgan fingerprint density at radius 2 is 1.72 bits per heavy atom. The monoisotopic (exact) mass is 603 g/mol. The van der Waals surface area contributed by atoms with E-state index in [-0.39, 0.29) is 17.7 Å². The van der Waals surface area contributed by atoms with Gasteiger partial charge in [-0.05, 0) is 21.5 Å². The molecule has 3 aliphatic heterocycles. The van der Waals surface area contributed by atoms with Crippen molar-refractivity contribution in [3.8, 4) is 0 Å². The molecule has 0 bridgehead atoms. The molecule has 1 unspecified atom stereocenters. The van der Waals surface area contributed by atoms with Crippen LogP contribution in [0.2, 0.25) is 5.04 Å². The molecule has 3 atom stereocenters. The first-order chi connectivity index (χ1) is 18.4. The number of rotatable bonds is 5. The van der Waals surface area contributed by atoms with Gasteiger partial charge in [-0.15, -0.1) is 0 Å². The number of hydrogen-bond donors (Lipinski definition) is 3. The van der Waals surface area contributed by atoms with Crippen molar-refractivity contribution >= 4 is 65.4 Å². The van der Waals surface area contributed by atoms with Gasteiger partial charge in [-0.1, -0.05) is 129 Å². The number of amides is 1. The summed E-state index contributed by atoms with van der Waals surface area (Å²) in [6.45, 7) is 11.6. The van der Waals surface area contributed by atoms with Crippen LogP contribution < -0.4 is 26.3 Å². The maximum Gasteiger partial charge on any atom is 0.278 e. The molecule has 1 saturated heterocycles. The smallest absolute Gasteiger partial charge is 0.278 e. The summed E-state index contributed by atoms with van der Waals surface area (Å²) >= 11 is 17.7. The predicted molar refractivity (Wildman–Crippen MR) is 161 cm³/mol. The third kappa shape index (κ3) is 4.87. The maximum absolute atomic E-state index is 12.7. The van der Waals surface area contributed by atoms with Gasteiger partial charge in [0, 0.05) is 6.54 Å². The van der Waals surface area contributed by atoms with E-state index in [0.717, 1.165) is 0 Å². The maximum atomic E-state index is 12.7. The van der Waals surface area contributed by atoms with Crippen molar-refractivity contribution in [3.63, 3.8) is 0 Å². The quantitative estimate of drug-likeness (QED) is 0.277. The third-order valence-corrected chi connectivity index (χ3v) is 13.1. The fraction of sp³-hybridized carbons (Fsp3) is 0.357.